The molecule has 0 radical (unpaired) electrons. The van der Waals surface area contributed by atoms with Crippen LogP contribution >= 0.6 is 12.2 Å². The van der Waals surface area contributed by atoms with E-state index in [0.717, 1.165) is 28.5 Å². The first-order valence-corrected chi connectivity index (χ1v) is 11.7. The average molecular weight is 479 g/mol. The Morgan fingerprint density at radius 1 is 1.15 bits per heavy atom. The number of carbonyl (C=O) groups excluding carboxylic acids is 1. The van der Waals surface area contributed by atoms with Crippen LogP contribution in [-0.2, 0) is 9.53 Å². The lowest BCUT2D eigenvalue weighted by Gasteiger charge is -2.28. The molecule has 0 unspecified atom stereocenters. The van der Waals surface area contributed by atoms with Gasteiger partial charge in [-0.1, -0.05) is 6.07 Å². The molecule has 0 aliphatic carbocycles. The van der Waals surface area contributed by atoms with E-state index >= 15 is 0 Å². The Bertz CT molecular complexity index is 1160. The monoisotopic (exact) mass is 478 g/mol. The van der Waals surface area contributed by atoms with Crippen LogP contribution in [0.5, 0.6) is 5.75 Å². The van der Waals surface area contributed by atoms with E-state index in [1.54, 1.807) is 13.3 Å². The van der Waals surface area contributed by atoms with E-state index in [1.165, 1.54) is 12.7 Å². The van der Waals surface area contributed by atoms with Crippen molar-refractivity contribution in [1.29, 1.82) is 0 Å². The predicted molar refractivity (Wildman–Crippen MR) is 135 cm³/mol. The van der Waals surface area contributed by atoms with Crippen LogP contribution in [0, 0.1) is 13.8 Å². The molecular weight excluding hydrogens is 448 g/mol. The molecule has 7 nitrogen and oxygen atoms in total. The molecule has 0 bridgehead atoms. The number of nitrogens with zero attached hydrogens (tertiary/aromatic N) is 3. The zero-order valence-electron chi connectivity index (χ0n) is 19.9. The lowest BCUT2D eigenvalue weighted by Crippen LogP contribution is -2.31. The van der Waals surface area contributed by atoms with Gasteiger partial charge in [0.25, 0.3) is 0 Å². The van der Waals surface area contributed by atoms with Gasteiger partial charge in [-0.2, -0.15) is 0 Å². The van der Waals surface area contributed by atoms with Crippen molar-refractivity contribution in [2.75, 3.05) is 20.8 Å². The summed E-state index contributed by atoms with van der Waals surface area (Å²) in [7, 11) is 3.08. The number of aryl methyl sites for hydroxylation is 1. The van der Waals surface area contributed by atoms with Crippen molar-refractivity contribution in [2.24, 2.45) is 0 Å². The lowest BCUT2D eigenvalue weighted by molar-refractivity contribution is -0.140. The van der Waals surface area contributed by atoms with Crippen molar-refractivity contribution in [1.82, 2.24) is 19.8 Å². The largest absolute Gasteiger partial charge is 0.497 e. The molecule has 3 aromatic rings. The molecule has 0 saturated carbocycles. The number of aromatic nitrogens is 2. The third-order valence-electron chi connectivity index (χ3n) is 6.32. The Balaban J connectivity index is 1.73. The van der Waals surface area contributed by atoms with E-state index < -0.39 is 0 Å². The number of ether oxygens (including phenoxy) is 2. The Kier molecular flexibility index (Phi) is 7.17. The first-order valence-electron chi connectivity index (χ1n) is 11.3. The molecule has 1 aliphatic rings. The van der Waals surface area contributed by atoms with Crippen LogP contribution in [0.3, 0.4) is 0 Å². The van der Waals surface area contributed by atoms with E-state index in [2.05, 4.69) is 51.8 Å². The van der Waals surface area contributed by atoms with E-state index in [-0.39, 0.29) is 18.1 Å². The van der Waals surface area contributed by atoms with Crippen molar-refractivity contribution in [3.8, 4) is 11.4 Å². The van der Waals surface area contributed by atoms with Crippen molar-refractivity contribution >= 4 is 23.3 Å². The van der Waals surface area contributed by atoms with Crippen LogP contribution in [0.2, 0.25) is 0 Å². The molecule has 1 fully saturated rings. The molecule has 34 heavy (non-hydrogen) atoms. The zero-order chi connectivity index (χ0) is 24.2. The van der Waals surface area contributed by atoms with Crippen LogP contribution in [0.1, 0.15) is 47.6 Å². The highest BCUT2D eigenvalue weighted by molar-refractivity contribution is 7.80. The number of carbonyl (C=O) groups is 1. The maximum absolute atomic E-state index is 11.7. The van der Waals surface area contributed by atoms with Gasteiger partial charge >= 0.3 is 5.97 Å². The highest BCUT2D eigenvalue weighted by Crippen LogP contribution is 2.41. The molecule has 3 heterocycles. The summed E-state index contributed by atoms with van der Waals surface area (Å²) in [6, 6.07) is 16.0. The highest BCUT2D eigenvalue weighted by atomic mass is 32.1. The van der Waals surface area contributed by atoms with Crippen molar-refractivity contribution < 1.29 is 14.3 Å². The third kappa shape index (κ3) is 4.63. The maximum atomic E-state index is 11.7. The number of pyridine rings is 1. The zero-order valence-corrected chi connectivity index (χ0v) is 20.8. The summed E-state index contributed by atoms with van der Waals surface area (Å²) in [4.78, 5) is 18.5. The molecule has 1 aliphatic heterocycles. The number of nitrogens with one attached hydrogen (secondary N) is 1. The number of hydrogen-bond acceptors (Lipinski definition) is 5. The van der Waals surface area contributed by atoms with Gasteiger partial charge < -0.3 is 24.3 Å². The second kappa shape index (κ2) is 10.3. The van der Waals surface area contributed by atoms with Gasteiger partial charge in [0.15, 0.2) is 5.11 Å². The van der Waals surface area contributed by atoms with E-state index in [1.807, 2.05) is 30.3 Å². The van der Waals surface area contributed by atoms with E-state index in [4.69, 9.17) is 21.7 Å². The fraction of sp³-hybridized carbons (Fsp3) is 0.346. The molecule has 4 rings (SSSR count). The first-order chi connectivity index (χ1) is 16.4. The molecule has 1 saturated heterocycles. The Labute approximate surface area is 205 Å². The predicted octanol–water partition coefficient (Wildman–Crippen LogP) is 4.42. The normalized spacial score (nSPS) is 17.5. The maximum Gasteiger partial charge on any atom is 0.305 e. The van der Waals surface area contributed by atoms with Crippen LogP contribution in [0.25, 0.3) is 5.69 Å². The molecule has 2 aromatic heterocycles. The minimum atomic E-state index is -0.214. The third-order valence-corrected chi connectivity index (χ3v) is 6.68. The summed E-state index contributed by atoms with van der Waals surface area (Å²) in [6.07, 6.45) is 2.80. The standard InChI is InChI=1S/C26H30N4O3S/c1-17-16-21(18(2)30(17)19-10-12-20(32-3)13-11-19)25-24(22-8-5-6-14-27-22)28-26(34)29(25)15-7-9-23(31)33-4/h5-6,8,10-14,16,24-25H,7,9,15H2,1-4H3,(H,28,34)/t24-,25+/m0/s1. The lowest BCUT2D eigenvalue weighted by atomic mass is 9.96. The van der Waals surface area contributed by atoms with Crippen LogP contribution < -0.4 is 10.1 Å². The smallest absolute Gasteiger partial charge is 0.305 e. The fourth-order valence-corrected chi connectivity index (χ4v) is 5.03. The number of esters is 1. The second-order valence-corrected chi connectivity index (χ2v) is 8.75. The van der Waals surface area contributed by atoms with Gasteiger partial charge in [-0.05, 0) is 80.5 Å². The molecule has 178 valence electrons. The van der Waals surface area contributed by atoms with Crippen molar-refractivity contribution in [3.63, 3.8) is 0 Å². The molecular formula is C26H30N4O3S. The molecule has 1 aromatic carbocycles. The van der Waals surface area contributed by atoms with E-state index in [9.17, 15) is 4.79 Å². The SMILES string of the molecule is COC(=O)CCCN1C(=S)N[C@@H](c2ccccn2)[C@H]1c1cc(C)n(-c2ccc(OC)cc2)c1C. The number of methoxy groups -OCH3 is 2. The molecule has 0 amide bonds. The molecule has 8 heteroatoms. The molecule has 2 atom stereocenters. The Morgan fingerprint density at radius 2 is 1.91 bits per heavy atom. The minimum Gasteiger partial charge on any atom is -0.497 e. The number of rotatable bonds is 8. The summed E-state index contributed by atoms with van der Waals surface area (Å²) in [5, 5.41) is 4.15. The van der Waals surface area contributed by atoms with Gasteiger partial charge in [-0.3, -0.25) is 9.78 Å². The van der Waals surface area contributed by atoms with Crippen molar-refractivity contribution in [3.05, 3.63) is 77.4 Å². The molecule has 1 N–H and O–H groups in total. The number of thiocarbonyl (C=S) groups is 1. The van der Waals surface area contributed by atoms with Crippen LogP contribution in [-0.4, -0.2) is 46.3 Å². The second-order valence-electron chi connectivity index (χ2n) is 8.36. The summed E-state index contributed by atoms with van der Waals surface area (Å²) in [5.41, 5.74) is 5.44. The summed E-state index contributed by atoms with van der Waals surface area (Å²) in [5.74, 6) is 0.609. The first kappa shape index (κ1) is 23.8. The average Bonchev–Trinajstić information content (AvgIpc) is 3.34. The van der Waals surface area contributed by atoms with Gasteiger partial charge in [0.2, 0.25) is 0 Å². The Hall–Kier alpha value is -3.39. The topological polar surface area (TPSA) is 68.6 Å². The summed E-state index contributed by atoms with van der Waals surface area (Å²) >= 11 is 5.76. The van der Waals surface area contributed by atoms with Gasteiger partial charge in [-0.15, -0.1) is 0 Å². The van der Waals surface area contributed by atoms with Crippen LogP contribution in [0.15, 0.2) is 54.7 Å². The quantitative estimate of drug-likeness (QED) is 0.380. The van der Waals surface area contributed by atoms with E-state index in [0.29, 0.717) is 24.5 Å². The van der Waals surface area contributed by atoms with Gasteiger partial charge in [0.1, 0.15) is 5.75 Å². The summed E-state index contributed by atoms with van der Waals surface area (Å²) in [6.45, 7) is 4.88. The van der Waals surface area contributed by atoms with Crippen LogP contribution in [0.4, 0.5) is 0 Å². The number of hydrogen-bond donors (Lipinski definition) is 1. The van der Waals surface area contributed by atoms with Gasteiger partial charge in [-0.25, -0.2) is 0 Å². The highest BCUT2D eigenvalue weighted by Gasteiger charge is 2.41. The summed E-state index contributed by atoms with van der Waals surface area (Å²) < 4.78 is 12.4. The van der Waals surface area contributed by atoms with Gasteiger partial charge in [0, 0.05) is 36.2 Å². The minimum absolute atomic E-state index is 0.0572. The fourth-order valence-electron chi connectivity index (χ4n) is 4.70. The Morgan fingerprint density at radius 3 is 2.56 bits per heavy atom. The molecule has 0 spiro atoms. The number of benzene rings is 1. The van der Waals surface area contributed by atoms with Gasteiger partial charge in [0.05, 0.1) is 32.0 Å². The van der Waals surface area contributed by atoms with Crippen molar-refractivity contribution in [2.45, 2.75) is 38.8 Å².